The van der Waals surface area contributed by atoms with E-state index in [9.17, 15) is 29.6 Å². The van der Waals surface area contributed by atoms with Gasteiger partial charge in [0.25, 0.3) is 5.69 Å². The van der Waals surface area contributed by atoms with Crippen molar-refractivity contribution in [1.82, 2.24) is 0 Å². The van der Waals surface area contributed by atoms with Crippen molar-refractivity contribution >= 4 is 29.2 Å². The number of non-ortho nitro benzene ring substituents is 1. The molecular formula is C20H18N2O7. The molecule has 1 fully saturated rings. The standard InChI is InChI=1S/C20H18N2O7/c1-11-3-7-13(8-4-11)21-17(12-5-9-14(10-6-12)22(27)28)15(20(26)29-2)16(18(21)23)19(24)25/h3-10,15-17H,1-2H3,(H,24,25)/t15-,16-,17+/m1/s1. The van der Waals surface area contributed by atoms with Crippen LogP contribution in [-0.4, -0.2) is 35.0 Å². The van der Waals surface area contributed by atoms with Gasteiger partial charge in [0.1, 0.15) is 5.92 Å². The van der Waals surface area contributed by atoms with Crippen LogP contribution in [0.3, 0.4) is 0 Å². The molecule has 1 saturated heterocycles. The lowest BCUT2D eigenvalue weighted by Crippen LogP contribution is -2.32. The lowest BCUT2D eigenvalue weighted by Gasteiger charge is -2.27. The van der Waals surface area contributed by atoms with Gasteiger partial charge in [0.15, 0.2) is 5.92 Å². The molecule has 0 aliphatic carbocycles. The van der Waals surface area contributed by atoms with Gasteiger partial charge in [-0.15, -0.1) is 0 Å². The summed E-state index contributed by atoms with van der Waals surface area (Å²) in [7, 11) is 1.12. The first-order chi connectivity index (χ1) is 13.8. The van der Waals surface area contributed by atoms with E-state index < -0.39 is 40.6 Å². The number of hydrogen-bond donors (Lipinski definition) is 1. The highest BCUT2D eigenvalue weighted by molar-refractivity contribution is 6.12. The minimum absolute atomic E-state index is 0.163. The van der Waals surface area contributed by atoms with E-state index in [2.05, 4.69) is 0 Å². The van der Waals surface area contributed by atoms with Gasteiger partial charge in [0.2, 0.25) is 5.91 Å². The number of benzene rings is 2. The van der Waals surface area contributed by atoms with Gasteiger partial charge in [-0.05, 0) is 24.6 Å². The summed E-state index contributed by atoms with van der Waals surface area (Å²) in [6.07, 6.45) is 0. The van der Waals surface area contributed by atoms with Gasteiger partial charge < -0.3 is 14.7 Å². The summed E-state index contributed by atoms with van der Waals surface area (Å²) in [4.78, 5) is 49.0. The Bertz CT molecular complexity index is 969. The number of carboxylic acids is 1. The number of hydrogen-bond acceptors (Lipinski definition) is 6. The zero-order valence-electron chi connectivity index (χ0n) is 15.6. The van der Waals surface area contributed by atoms with Crippen molar-refractivity contribution in [3.63, 3.8) is 0 Å². The van der Waals surface area contributed by atoms with E-state index in [4.69, 9.17) is 4.74 Å². The topological polar surface area (TPSA) is 127 Å². The third-order valence-electron chi connectivity index (χ3n) is 4.98. The van der Waals surface area contributed by atoms with Gasteiger partial charge in [-0.1, -0.05) is 29.8 Å². The maximum Gasteiger partial charge on any atom is 0.317 e. The molecule has 150 valence electrons. The number of rotatable bonds is 5. The Kier molecular flexibility index (Phi) is 5.31. The second-order valence-corrected chi connectivity index (χ2v) is 6.70. The molecule has 9 heteroatoms. The number of nitro benzene ring substituents is 1. The van der Waals surface area contributed by atoms with E-state index in [0.717, 1.165) is 12.7 Å². The van der Waals surface area contributed by atoms with Crippen molar-refractivity contribution in [1.29, 1.82) is 0 Å². The number of carboxylic acid groups (broad SMARTS) is 1. The molecule has 0 aromatic heterocycles. The fourth-order valence-electron chi connectivity index (χ4n) is 3.59. The number of amides is 1. The van der Waals surface area contributed by atoms with Gasteiger partial charge in [0, 0.05) is 17.8 Å². The zero-order chi connectivity index (χ0) is 21.3. The van der Waals surface area contributed by atoms with Gasteiger partial charge in [-0.3, -0.25) is 24.5 Å². The van der Waals surface area contributed by atoms with Crippen LogP contribution >= 0.6 is 0 Å². The zero-order valence-corrected chi connectivity index (χ0v) is 15.6. The Hall–Kier alpha value is -3.75. The number of nitrogens with zero attached hydrogens (tertiary/aromatic N) is 2. The Balaban J connectivity index is 2.18. The van der Waals surface area contributed by atoms with E-state index in [1.807, 2.05) is 6.92 Å². The molecule has 3 atom stereocenters. The number of ether oxygens (including phenoxy) is 1. The summed E-state index contributed by atoms with van der Waals surface area (Å²) >= 11 is 0. The van der Waals surface area contributed by atoms with Crippen LogP contribution in [0.2, 0.25) is 0 Å². The second-order valence-electron chi connectivity index (χ2n) is 6.70. The van der Waals surface area contributed by atoms with E-state index >= 15 is 0 Å². The average molecular weight is 398 g/mol. The van der Waals surface area contributed by atoms with Crippen molar-refractivity contribution in [2.45, 2.75) is 13.0 Å². The lowest BCUT2D eigenvalue weighted by atomic mass is 9.86. The van der Waals surface area contributed by atoms with Crippen LogP contribution < -0.4 is 4.90 Å². The molecule has 1 N–H and O–H groups in total. The van der Waals surface area contributed by atoms with E-state index in [-0.39, 0.29) is 5.69 Å². The average Bonchev–Trinajstić information content (AvgIpc) is 3.01. The molecule has 1 aliphatic heterocycles. The Morgan fingerprint density at radius 3 is 2.17 bits per heavy atom. The molecule has 0 radical (unpaired) electrons. The number of esters is 1. The molecular weight excluding hydrogens is 380 g/mol. The first-order valence-electron chi connectivity index (χ1n) is 8.71. The van der Waals surface area contributed by atoms with Crippen LogP contribution in [0.25, 0.3) is 0 Å². The van der Waals surface area contributed by atoms with Crippen LogP contribution in [0.15, 0.2) is 48.5 Å². The smallest absolute Gasteiger partial charge is 0.317 e. The molecule has 1 amide bonds. The highest BCUT2D eigenvalue weighted by Gasteiger charge is 2.56. The predicted molar refractivity (Wildman–Crippen MR) is 101 cm³/mol. The normalized spacial score (nSPS) is 21.1. The lowest BCUT2D eigenvalue weighted by molar-refractivity contribution is -0.384. The van der Waals surface area contributed by atoms with Gasteiger partial charge in [-0.25, -0.2) is 0 Å². The van der Waals surface area contributed by atoms with Crippen LogP contribution in [-0.2, 0) is 19.1 Å². The SMILES string of the molecule is COC(=O)[C@@H]1[C@@H](C(=O)O)C(=O)N(c2ccc(C)cc2)[C@H]1c1ccc([N+](=O)[O-])cc1. The molecule has 29 heavy (non-hydrogen) atoms. The third-order valence-corrected chi connectivity index (χ3v) is 4.98. The molecule has 2 aromatic carbocycles. The molecule has 2 aromatic rings. The highest BCUT2D eigenvalue weighted by atomic mass is 16.6. The molecule has 1 heterocycles. The Morgan fingerprint density at radius 2 is 1.69 bits per heavy atom. The molecule has 0 unspecified atom stereocenters. The fourth-order valence-corrected chi connectivity index (χ4v) is 3.59. The Labute approximate surface area is 165 Å². The number of carbonyl (C=O) groups excluding carboxylic acids is 2. The quantitative estimate of drug-likeness (QED) is 0.355. The van der Waals surface area contributed by atoms with Crippen molar-refractivity contribution in [2.75, 3.05) is 12.0 Å². The van der Waals surface area contributed by atoms with Crippen LogP contribution in [0, 0.1) is 28.9 Å². The number of anilines is 1. The fraction of sp³-hybridized carbons (Fsp3) is 0.250. The monoisotopic (exact) mass is 398 g/mol. The first kappa shape index (κ1) is 20.0. The number of nitro groups is 1. The summed E-state index contributed by atoms with van der Waals surface area (Å²) in [5.74, 6) is -5.98. The number of methoxy groups -OCH3 is 1. The summed E-state index contributed by atoms with van der Waals surface area (Å²) < 4.78 is 4.79. The highest BCUT2D eigenvalue weighted by Crippen LogP contribution is 2.45. The third kappa shape index (κ3) is 3.54. The molecule has 9 nitrogen and oxygen atoms in total. The van der Waals surface area contributed by atoms with Crippen molar-refractivity contribution in [3.05, 3.63) is 69.8 Å². The Morgan fingerprint density at radius 1 is 1.10 bits per heavy atom. The van der Waals surface area contributed by atoms with Crippen molar-refractivity contribution in [3.8, 4) is 0 Å². The van der Waals surface area contributed by atoms with Crippen molar-refractivity contribution < 1.29 is 29.2 Å². The van der Waals surface area contributed by atoms with Crippen LogP contribution in [0.5, 0.6) is 0 Å². The summed E-state index contributed by atoms with van der Waals surface area (Å²) in [6, 6.07) is 11.2. The summed E-state index contributed by atoms with van der Waals surface area (Å²) in [6.45, 7) is 1.86. The number of aliphatic carboxylic acids is 1. The number of carbonyl (C=O) groups is 3. The first-order valence-corrected chi connectivity index (χ1v) is 8.71. The molecule has 0 spiro atoms. The molecule has 3 rings (SSSR count). The van der Waals surface area contributed by atoms with Crippen molar-refractivity contribution in [2.24, 2.45) is 11.8 Å². The minimum atomic E-state index is -1.64. The van der Waals surface area contributed by atoms with Crippen LogP contribution in [0.4, 0.5) is 11.4 Å². The van der Waals surface area contributed by atoms with Crippen LogP contribution in [0.1, 0.15) is 17.2 Å². The molecule has 0 bridgehead atoms. The largest absolute Gasteiger partial charge is 0.481 e. The number of aryl methyl sites for hydroxylation is 1. The minimum Gasteiger partial charge on any atom is -0.481 e. The maximum absolute atomic E-state index is 13.1. The van der Waals surface area contributed by atoms with E-state index in [1.165, 1.54) is 29.2 Å². The summed E-state index contributed by atoms with van der Waals surface area (Å²) in [5.41, 5.74) is 1.58. The summed E-state index contributed by atoms with van der Waals surface area (Å²) in [5, 5.41) is 20.6. The molecule has 0 saturated carbocycles. The van der Waals surface area contributed by atoms with E-state index in [0.29, 0.717) is 11.3 Å². The second kappa shape index (κ2) is 7.70. The van der Waals surface area contributed by atoms with Gasteiger partial charge in [0.05, 0.1) is 18.1 Å². The predicted octanol–water partition coefficient (Wildman–Crippen LogP) is 2.48. The maximum atomic E-state index is 13.1. The van der Waals surface area contributed by atoms with Gasteiger partial charge in [-0.2, -0.15) is 0 Å². The molecule has 1 aliphatic rings. The van der Waals surface area contributed by atoms with Gasteiger partial charge >= 0.3 is 11.9 Å². The van der Waals surface area contributed by atoms with E-state index in [1.54, 1.807) is 24.3 Å².